The van der Waals surface area contributed by atoms with Gasteiger partial charge in [0.15, 0.2) is 5.16 Å². The third-order valence-corrected chi connectivity index (χ3v) is 5.04. The highest BCUT2D eigenvalue weighted by Gasteiger charge is 2.20. The zero-order valence-electron chi connectivity index (χ0n) is 14.8. The molecule has 1 heterocycles. The van der Waals surface area contributed by atoms with Gasteiger partial charge in [0.05, 0.1) is 16.2 Å². The lowest BCUT2D eigenvalue weighted by Gasteiger charge is -2.16. The quantitative estimate of drug-likeness (QED) is 0.576. The Kier molecular flexibility index (Phi) is 6.66. The molecule has 0 aliphatic heterocycles. The van der Waals surface area contributed by atoms with Crippen molar-refractivity contribution in [2.24, 2.45) is 11.7 Å². The predicted octanol–water partition coefficient (Wildman–Crippen LogP) is 2.77. The number of carbonyl (C=O) groups excluding carboxylic acids is 2. The summed E-state index contributed by atoms with van der Waals surface area (Å²) < 4.78 is 1.56. The van der Waals surface area contributed by atoms with E-state index in [2.05, 4.69) is 18.8 Å². The minimum atomic E-state index is -0.919. The Bertz CT molecular complexity index is 897. The number of nitrogens with one attached hydrogen (secondary N) is 1. The van der Waals surface area contributed by atoms with E-state index in [-0.39, 0.29) is 5.56 Å². The van der Waals surface area contributed by atoms with Gasteiger partial charge >= 0.3 is 6.03 Å². The van der Waals surface area contributed by atoms with Crippen molar-refractivity contribution in [1.29, 1.82) is 0 Å². The molecule has 0 unspecified atom stereocenters. The molecule has 0 bridgehead atoms. The Morgan fingerprint density at radius 3 is 2.65 bits per heavy atom. The third kappa shape index (κ3) is 4.98. The lowest BCUT2D eigenvalue weighted by atomic mass is 10.1. The van der Waals surface area contributed by atoms with Gasteiger partial charge in [0.1, 0.15) is 0 Å². The molecule has 2 aromatic rings. The summed E-state index contributed by atoms with van der Waals surface area (Å²) in [5.74, 6) is -0.144. The summed E-state index contributed by atoms with van der Waals surface area (Å²) in [6.07, 6.45) is 0.788. The zero-order valence-corrected chi connectivity index (χ0v) is 16.4. The summed E-state index contributed by atoms with van der Waals surface area (Å²) >= 11 is 7.10. The molecule has 3 amide bonds. The molecular weight excluding hydrogens is 376 g/mol. The van der Waals surface area contributed by atoms with Gasteiger partial charge in [-0.05, 0) is 37.5 Å². The van der Waals surface area contributed by atoms with Crippen molar-refractivity contribution in [3.8, 4) is 0 Å². The molecule has 1 aromatic heterocycles. The maximum atomic E-state index is 12.9. The molecule has 0 saturated carbocycles. The van der Waals surface area contributed by atoms with E-state index in [0.29, 0.717) is 33.5 Å². The van der Waals surface area contributed by atoms with Crippen molar-refractivity contribution in [1.82, 2.24) is 14.9 Å². The molecule has 26 heavy (non-hydrogen) atoms. The van der Waals surface area contributed by atoms with E-state index in [1.807, 2.05) is 5.32 Å². The number of hydrogen-bond acceptors (Lipinski definition) is 5. The van der Waals surface area contributed by atoms with Gasteiger partial charge in [0.25, 0.3) is 5.56 Å². The van der Waals surface area contributed by atoms with E-state index in [1.165, 1.54) is 0 Å². The van der Waals surface area contributed by atoms with E-state index in [9.17, 15) is 14.4 Å². The van der Waals surface area contributed by atoms with Crippen molar-refractivity contribution < 1.29 is 9.59 Å². The van der Waals surface area contributed by atoms with Crippen molar-refractivity contribution in [2.45, 2.75) is 44.1 Å². The minimum absolute atomic E-state index is 0.183. The van der Waals surface area contributed by atoms with E-state index < -0.39 is 17.2 Å². The maximum absolute atomic E-state index is 12.9. The van der Waals surface area contributed by atoms with Crippen LogP contribution in [0, 0.1) is 5.92 Å². The molecule has 140 valence electrons. The number of halogens is 1. The van der Waals surface area contributed by atoms with Crippen LogP contribution in [0.15, 0.2) is 28.2 Å². The Hall–Kier alpha value is -2.06. The number of carbonyl (C=O) groups is 2. The van der Waals surface area contributed by atoms with E-state index in [1.54, 1.807) is 29.7 Å². The second-order valence-electron chi connectivity index (χ2n) is 6.31. The molecule has 0 fully saturated rings. The highest BCUT2D eigenvalue weighted by Crippen LogP contribution is 2.24. The predicted molar refractivity (Wildman–Crippen MR) is 104 cm³/mol. The molecule has 0 aliphatic carbocycles. The van der Waals surface area contributed by atoms with Crippen LogP contribution in [-0.4, -0.2) is 26.7 Å². The van der Waals surface area contributed by atoms with Crippen LogP contribution in [0.3, 0.4) is 0 Å². The average molecular weight is 397 g/mol. The molecule has 0 aliphatic rings. The number of aromatic nitrogens is 2. The van der Waals surface area contributed by atoms with Crippen LogP contribution in [0.4, 0.5) is 4.79 Å². The Labute approximate surface area is 160 Å². The fourth-order valence-electron chi connectivity index (χ4n) is 2.28. The van der Waals surface area contributed by atoms with Gasteiger partial charge in [-0.25, -0.2) is 9.78 Å². The summed E-state index contributed by atoms with van der Waals surface area (Å²) in [4.78, 5) is 40.3. The number of nitrogens with zero attached hydrogens (tertiary/aromatic N) is 2. The fraction of sp³-hybridized carbons (Fsp3) is 0.412. The second-order valence-corrected chi connectivity index (χ2v) is 8.05. The topological polar surface area (TPSA) is 107 Å². The first-order valence-electron chi connectivity index (χ1n) is 8.16. The number of hydrogen-bond donors (Lipinski definition) is 2. The average Bonchev–Trinajstić information content (AvgIpc) is 2.53. The summed E-state index contributed by atoms with van der Waals surface area (Å²) in [6.45, 7) is 6.22. The Morgan fingerprint density at radius 1 is 1.35 bits per heavy atom. The lowest BCUT2D eigenvalue weighted by molar-refractivity contribution is -0.119. The number of benzene rings is 1. The SMILES string of the molecule is CC(C)CCn1c(S[C@H](C)C(=O)NC(N)=O)nc2cc(Cl)ccc2c1=O. The summed E-state index contributed by atoms with van der Waals surface area (Å²) in [5, 5.41) is 2.72. The number of rotatable bonds is 6. The first-order chi connectivity index (χ1) is 12.2. The van der Waals surface area contributed by atoms with Crippen molar-refractivity contribution in [2.75, 3.05) is 0 Å². The molecular formula is C17H21ClN4O3S. The molecule has 3 N–H and O–H groups in total. The van der Waals surface area contributed by atoms with E-state index >= 15 is 0 Å². The number of nitrogens with two attached hydrogens (primary N) is 1. The molecule has 7 nitrogen and oxygen atoms in total. The van der Waals surface area contributed by atoms with Crippen LogP contribution in [0.1, 0.15) is 27.2 Å². The van der Waals surface area contributed by atoms with E-state index in [4.69, 9.17) is 17.3 Å². The molecule has 0 saturated heterocycles. The normalized spacial score (nSPS) is 12.3. The van der Waals surface area contributed by atoms with E-state index in [0.717, 1.165) is 18.2 Å². The molecule has 1 atom stereocenters. The van der Waals surface area contributed by atoms with Gasteiger partial charge in [-0.1, -0.05) is 37.2 Å². The summed E-state index contributed by atoms with van der Waals surface area (Å²) in [7, 11) is 0. The van der Waals surface area contributed by atoms with Gasteiger partial charge in [0, 0.05) is 11.6 Å². The van der Waals surface area contributed by atoms with Crippen LogP contribution >= 0.6 is 23.4 Å². The highest BCUT2D eigenvalue weighted by atomic mass is 35.5. The molecule has 0 spiro atoms. The zero-order chi connectivity index (χ0) is 19.4. The summed E-state index contributed by atoms with van der Waals surface area (Å²) in [5.41, 5.74) is 5.27. The number of thioether (sulfide) groups is 1. The van der Waals surface area contributed by atoms with Crippen LogP contribution in [0.5, 0.6) is 0 Å². The highest BCUT2D eigenvalue weighted by molar-refractivity contribution is 8.00. The molecule has 1 aromatic carbocycles. The fourth-order valence-corrected chi connectivity index (χ4v) is 3.38. The van der Waals surface area contributed by atoms with Crippen molar-refractivity contribution >= 4 is 46.2 Å². The first-order valence-corrected chi connectivity index (χ1v) is 9.42. The maximum Gasteiger partial charge on any atom is 0.318 e. The number of imide groups is 1. The van der Waals surface area contributed by atoms with Gasteiger partial charge in [0.2, 0.25) is 5.91 Å². The lowest BCUT2D eigenvalue weighted by Crippen LogP contribution is -2.39. The third-order valence-electron chi connectivity index (χ3n) is 3.71. The summed E-state index contributed by atoms with van der Waals surface area (Å²) in [6, 6.07) is 3.99. The smallest absolute Gasteiger partial charge is 0.318 e. The number of fused-ring (bicyclic) bond motifs is 1. The standard InChI is InChI=1S/C17H21ClN4O3S/c1-9(2)6-7-22-15(24)12-5-4-11(18)8-13(12)20-17(22)26-10(3)14(23)21-16(19)25/h4-5,8-10H,6-7H2,1-3H3,(H3,19,21,23,25)/t10-/m1/s1. The molecule has 2 rings (SSSR count). The van der Waals surface area contributed by atoms with Crippen LogP contribution in [0.2, 0.25) is 5.02 Å². The van der Waals surface area contributed by atoms with Crippen LogP contribution in [0.25, 0.3) is 10.9 Å². The monoisotopic (exact) mass is 396 g/mol. The van der Waals surface area contributed by atoms with Gasteiger partial charge in [-0.2, -0.15) is 0 Å². The van der Waals surface area contributed by atoms with Gasteiger partial charge in [-0.15, -0.1) is 0 Å². The number of amides is 3. The molecule has 9 heteroatoms. The second kappa shape index (κ2) is 8.55. The van der Waals surface area contributed by atoms with Crippen LogP contribution < -0.4 is 16.6 Å². The van der Waals surface area contributed by atoms with Crippen molar-refractivity contribution in [3.05, 3.63) is 33.6 Å². The van der Waals surface area contributed by atoms with Crippen molar-refractivity contribution in [3.63, 3.8) is 0 Å². The molecule has 0 radical (unpaired) electrons. The Balaban J connectivity index is 2.47. The Morgan fingerprint density at radius 2 is 2.04 bits per heavy atom. The number of primary amides is 1. The first kappa shape index (κ1) is 20.3. The largest absolute Gasteiger partial charge is 0.351 e. The van der Waals surface area contributed by atoms with Gasteiger partial charge in [-0.3, -0.25) is 19.5 Å². The number of urea groups is 1. The van der Waals surface area contributed by atoms with Gasteiger partial charge < -0.3 is 5.73 Å². The minimum Gasteiger partial charge on any atom is -0.351 e. The van der Waals surface area contributed by atoms with Crippen LogP contribution in [-0.2, 0) is 11.3 Å².